The first-order valence-corrected chi connectivity index (χ1v) is 5.29. The van der Waals surface area contributed by atoms with Crippen molar-refractivity contribution in [2.24, 2.45) is 5.92 Å². The predicted octanol–water partition coefficient (Wildman–Crippen LogP) is 2.20. The second-order valence-corrected chi connectivity index (χ2v) is 3.90. The van der Waals surface area contributed by atoms with Crippen molar-refractivity contribution in [1.82, 2.24) is 4.90 Å². The van der Waals surface area contributed by atoms with Gasteiger partial charge < -0.3 is 4.90 Å². The fourth-order valence-electron chi connectivity index (χ4n) is 1.32. The highest BCUT2D eigenvalue weighted by Gasteiger charge is 2.18. The molecule has 1 rings (SSSR count). The van der Waals surface area contributed by atoms with Crippen LogP contribution >= 0.6 is 11.8 Å². The van der Waals surface area contributed by atoms with Crippen molar-refractivity contribution in [2.45, 2.75) is 19.8 Å². The highest BCUT2D eigenvalue weighted by atomic mass is 32.2. The van der Waals surface area contributed by atoms with Gasteiger partial charge in [-0.2, -0.15) is 0 Å². The van der Waals surface area contributed by atoms with Crippen LogP contribution in [0, 0.1) is 5.92 Å². The van der Waals surface area contributed by atoms with Gasteiger partial charge in [0.15, 0.2) is 0 Å². The normalized spacial score (nSPS) is 20.4. The molecular formula is C8H15NOS. The van der Waals surface area contributed by atoms with Gasteiger partial charge in [-0.15, -0.1) is 0 Å². The molecule has 0 N–H and O–H groups in total. The van der Waals surface area contributed by atoms with Crippen molar-refractivity contribution in [3.63, 3.8) is 0 Å². The van der Waals surface area contributed by atoms with E-state index in [9.17, 15) is 4.79 Å². The predicted molar refractivity (Wildman–Crippen MR) is 48.9 cm³/mol. The monoisotopic (exact) mass is 173 g/mol. The van der Waals surface area contributed by atoms with Gasteiger partial charge in [0.1, 0.15) is 0 Å². The van der Waals surface area contributed by atoms with Gasteiger partial charge in [-0.3, -0.25) is 4.79 Å². The quantitative estimate of drug-likeness (QED) is 0.559. The summed E-state index contributed by atoms with van der Waals surface area (Å²) in [5.74, 6) is 0.806. The summed E-state index contributed by atoms with van der Waals surface area (Å²) in [4.78, 5) is 13.1. The summed E-state index contributed by atoms with van der Waals surface area (Å²) in [6.07, 6.45) is 4.19. The van der Waals surface area contributed by atoms with Crippen LogP contribution in [0.15, 0.2) is 0 Å². The number of carbonyl (C=O) groups excluding carboxylic acids is 1. The number of amides is 1. The molecule has 0 aromatic heterocycles. The Kier molecular flexibility index (Phi) is 3.24. The number of hydrogen-bond donors (Lipinski definition) is 0. The molecule has 0 aromatic rings. The van der Waals surface area contributed by atoms with Crippen molar-refractivity contribution in [1.29, 1.82) is 0 Å². The van der Waals surface area contributed by atoms with E-state index in [0.29, 0.717) is 0 Å². The molecule has 0 saturated carbocycles. The van der Waals surface area contributed by atoms with Crippen molar-refractivity contribution in [3.05, 3.63) is 0 Å². The van der Waals surface area contributed by atoms with Gasteiger partial charge >= 0.3 is 0 Å². The van der Waals surface area contributed by atoms with Crippen LogP contribution in [0.3, 0.4) is 0 Å². The summed E-state index contributed by atoms with van der Waals surface area (Å²) in [6, 6.07) is 0. The smallest absolute Gasteiger partial charge is 0.281 e. The first-order valence-electron chi connectivity index (χ1n) is 4.07. The lowest BCUT2D eigenvalue weighted by Crippen LogP contribution is -2.35. The van der Waals surface area contributed by atoms with E-state index >= 15 is 0 Å². The second-order valence-electron chi connectivity index (χ2n) is 3.14. The Balaban J connectivity index is 2.33. The highest BCUT2D eigenvalue weighted by Crippen LogP contribution is 2.18. The van der Waals surface area contributed by atoms with Gasteiger partial charge in [0, 0.05) is 13.1 Å². The van der Waals surface area contributed by atoms with Crippen LogP contribution in [0.5, 0.6) is 0 Å². The first kappa shape index (κ1) is 8.91. The van der Waals surface area contributed by atoms with Crippen LogP contribution < -0.4 is 0 Å². The Labute approximate surface area is 72.3 Å². The number of rotatable bonds is 0. The standard InChI is InChI=1S/C8H15NOS/c1-7-3-5-9(6-4-7)8(10)11-2/h7H,3-6H2,1-2H3. The molecule has 64 valence electrons. The van der Waals surface area contributed by atoms with Crippen molar-refractivity contribution < 1.29 is 4.79 Å². The van der Waals surface area contributed by atoms with Gasteiger partial charge in [-0.05, 0) is 25.0 Å². The minimum absolute atomic E-state index is 0.233. The number of carbonyl (C=O) groups is 1. The first-order chi connectivity index (χ1) is 5.24. The van der Waals surface area contributed by atoms with E-state index in [1.807, 2.05) is 11.2 Å². The van der Waals surface area contributed by atoms with E-state index in [4.69, 9.17) is 0 Å². The molecule has 1 amide bonds. The average molecular weight is 173 g/mol. The van der Waals surface area contributed by atoms with Crippen LogP contribution in [0.2, 0.25) is 0 Å². The highest BCUT2D eigenvalue weighted by molar-refractivity contribution is 8.12. The number of likely N-dealkylation sites (tertiary alicyclic amines) is 1. The minimum Gasteiger partial charge on any atom is -0.334 e. The lowest BCUT2D eigenvalue weighted by atomic mass is 10.00. The molecule has 0 bridgehead atoms. The van der Waals surface area contributed by atoms with Crippen LogP contribution in [0.1, 0.15) is 19.8 Å². The molecule has 0 spiro atoms. The number of piperidine rings is 1. The zero-order valence-electron chi connectivity index (χ0n) is 7.17. The average Bonchev–Trinajstić information content (AvgIpc) is 2.05. The molecule has 1 aliphatic heterocycles. The SMILES string of the molecule is CSC(=O)N1CCC(C)CC1. The third-order valence-corrected chi connectivity index (χ3v) is 2.82. The summed E-state index contributed by atoms with van der Waals surface area (Å²) in [5, 5.41) is 0.233. The Morgan fingerprint density at radius 1 is 1.45 bits per heavy atom. The largest absolute Gasteiger partial charge is 0.334 e. The fraction of sp³-hybridized carbons (Fsp3) is 0.875. The van der Waals surface area contributed by atoms with Crippen LogP contribution in [0.25, 0.3) is 0 Å². The molecule has 1 heterocycles. The molecular weight excluding hydrogens is 158 g/mol. The molecule has 1 aliphatic rings. The summed E-state index contributed by atoms with van der Waals surface area (Å²) < 4.78 is 0. The van der Waals surface area contributed by atoms with Gasteiger partial charge in [0.25, 0.3) is 5.24 Å². The third-order valence-electron chi connectivity index (χ3n) is 2.22. The molecule has 0 aliphatic carbocycles. The fourth-order valence-corrected chi connectivity index (χ4v) is 1.76. The van der Waals surface area contributed by atoms with Crippen LogP contribution in [0.4, 0.5) is 4.79 Å². The van der Waals surface area contributed by atoms with Gasteiger partial charge in [0.2, 0.25) is 0 Å². The lowest BCUT2D eigenvalue weighted by Gasteiger charge is -2.29. The number of nitrogens with zero attached hydrogens (tertiary/aromatic N) is 1. The molecule has 2 nitrogen and oxygen atoms in total. The van der Waals surface area contributed by atoms with E-state index in [0.717, 1.165) is 19.0 Å². The van der Waals surface area contributed by atoms with Crippen LogP contribution in [-0.2, 0) is 0 Å². The zero-order valence-corrected chi connectivity index (χ0v) is 7.99. The topological polar surface area (TPSA) is 20.3 Å². The van der Waals surface area contributed by atoms with E-state index in [1.165, 1.54) is 24.6 Å². The van der Waals surface area contributed by atoms with E-state index in [1.54, 1.807) is 0 Å². The second kappa shape index (κ2) is 4.00. The summed E-state index contributed by atoms with van der Waals surface area (Å²) >= 11 is 1.32. The molecule has 3 heteroatoms. The molecule has 1 fully saturated rings. The van der Waals surface area contributed by atoms with E-state index < -0.39 is 0 Å². The van der Waals surface area contributed by atoms with Crippen LogP contribution in [-0.4, -0.2) is 29.5 Å². The maximum absolute atomic E-state index is 11.2. The number of thioether (sulfide) groups is 1. The summed E-state index contributed by atoms with van der Waals surface area (Å²) in [5.41, 5.74) is 0. The third kappa shape index (κ3) is 2.40. The lowest BCUT2D eigenvalue weighted by molar-refractivity contribution is 0.197. The molecule has 0 unspecified atom stereocenters. The van der Waals surface area contributed by atoms with Gasteiger partial charge in [-0.25, -0.2) is 0 Å². The molecule has 1 saturated heterocycles. The Hall–Kier alpha value is -0.180. The Morgan fingerprint density at radius 2 is 2.00 bits per heavy atom. The molecule has 11 heavy (non-hydrogen) atoms. The van der Waals surface area contributed by atoms with E-state index in [2.05, 4.69) is 6.92 Å². The minimum atomic E-state index is 0.233. The maximum atomic E-state index is 11.2. The van der Waals surface area contributed by atoms with Crippen molar-refractivity contribution in [3.8, 4) is 0 Å². The van der Waals surface area contributed by atoms with E-state index in [-0.39, 0.29) is 5.24 Å². The van der Waals surface area contributed by atoms with Crippen molar-refractivity contribution in [2.75, 3.05) is 19.3 Å². The molecule has 0 atom stereocenters. The zero-order chi connectivity index (χ0) is 8.27. The summed E-state index contributed by atoms with van der Waals surface area (Å²) in [7, 11) is 0. The molecule has 0 aromatic carbocycles. The van der Waals surface area contributed by atoms with Crippen molar-refractivity contribution >= 4 is 17.0 Å². The molecule has 0 radical (unpaired) electrons. The summed E-state index contributed by atoms with van der Waals surface area (Å²) in [6.45, 7) is 4.17. The van der Waals surface area contributed by atoms with Gasteiger partial charge in [0.05, 0.1) is 0 Å². The van der Waals surface area contributed by atoms with Gasteiger partial charge in [-0.1, -0.05) is 18.7 Å². The number of hydrogen-bond acceptors (Lipinski definition) is 2. The Morgan fingerprint density at radius 3 is 2.45 bits per heavy atom. The maximum Gasteiger partial charge on any atom is 0.281 e. The Bertz CT molecular complexity index is 141.